The normalized spacial score (nSPS) is 11.0. The molecule has 0 aliphatic rings. The maximum atomic E-state index is 12.4. The van der Waals surface area contributed by atoms with E-state index in [1.165, 1.54) is 0 Å². The minimum Gasteiger partial charge on any atom is -0.326 e. The maximum absolute atomic E-state index is 12.4. The lowest BCUT2D eigenvalue weighted by Crippen LogP contribution is -2.19. The van der Waals surface area contributed by atoms with E-state index in [2.05, 4.69) is 10.4 Å². The van der Waals surface area contributed by atoms with E-state index in [4.69, 9.17) is 0 Å². The highest BCUT2D eigenvalue weighted by molar-refractivity contribution is 5.94. The number of hydrogen-bond donors (Lipinski definition) is 1. The van der Waals surface area contributed by atoms with Crippen molar-refractivity contribution in [3.05, 3.63) is 77.0 Å². The summed E-state index contributed by atoms with van der Waals surface area (Å²) >= 11 is 0. The highest BCUT2D eigenvalue weighted by Gasteiger charge is 2.11. The molecule has 0 spiro atoms. The number of rotatable bonds is 4. The molecule has 1 N–H and O–H groups in total. The summed E-state index contributed by atoms with van der Waals surface area (Å²) in [7, 11) is 3.45. The van der Waals surface area contributed by atoms with Crippen molar-refractivity contribution in [2.24, 2.45) is 14.1 Å². The predicted octanol–water partition coefficient (Wildman–Crippen LogP) is 2.24. The topological polar surface area (TPSA) is 73.8 Å². The van der Waals surface area contributed by atoms with Crippen LogP contribution < -0.4 is 11.0 Å². The Morgan fingerprint density at radius 2 is 1.78 bits per heavy atom. The number of amides is 1. The minimum atomic E-state index is -0.136. The highest BCUT2D eigenvalue weighted by Crippen LogP contribution is 2.18. The standard InChI is InChI=1S/C20H19N5O2/c1-23-17-9-8-15(11-18(17)24(2)20(23)27)22-19(26)10-14-12-21-25(13-14)16-6-4-3-5-7-16/h3-9,11-13H,10H2,1-2H3,(H,22,26). The molecule has 0 unspecified atom stereocenters. The van der Waals surface area contributed by atoms with Crippen LogP contribution in [-0.4, -0.2) is 24.8 Å². The molecule has 0 radical (unpaired) electrons. The van der Waals surface area contributed by atoms with Gasteiger partial charge in [0.25, 0.3) is 0 Å². The number of benzene rings is 2. The van der Waals surface area contributed by atoms with Gasteiger partial charge in [-0.25, -0.2) is 9.48 Å². The molecular formula is C20H19N5O2. The number of nitrogens with one attached hydrogen (secondary N) is 1. The van der Waals surface area contributed by atoms with Crippen molar-refractivity contribution in [3.63, 3.8) is 0 Å². The molecule has 0 saturated carbocycles. The monoisotopic (exact) mass is 361 g/mol. The average Bonchev–Trinajstić information content (AvgIpc) is 3.22. The van der Waals surface area contributed by atoms with Crippen molar-refractivity contribution in [2.75, 3.05) is 5.32 Å². The molecule has 2 aromatic carbocycles. The molecular weight excluding hydrogens is 342 g/mol. The van der Waals surface area contributed by atoms with Gasteiger partial charge in [-0.05, 0) is 35.9 Å². The molecule has 136 valence electrons. The van der Waals surface area contributed by atoms with Crippen molar-refractivity contribution in [3.8, 4) is 5.69 Å². The van der Waals surface area contributed by atoms with Gasteiger partial charge in [-0.3, -0.25) is 13.9 Å². The zero-order valence-electron chi connectivity index (χ0n) is 15.1. The van der Waals surface area contributed by atoms with E-state index in [1.54, 1.807) is 40.2 Å². The summed E-state index contributed by atoms with van der Waals surface area (Å²) in [5.74, 6) is -0.136. The van der Waals surface area contributed by atoms with Crippen LogP contribution in [0.15, 0.2) is 65.7 Å². The third-order valence-electron chi connectivity index (χ3n) is 4.58. The second kappa shape index (κ2) is 6.60. The number of nitrogens with zero attached hydrogens (tertiary/aromatic N) is 4. The molecule has 2 aromatic heterocycles. The van der Waals surface area contributed by atoms with Crippen LogP contribution in [0.5, 0.6) is 0 Å². The first-order chi connectivity index (χ1) is 13.0. The zero-order chi connectivity index (χ0) is 19.0. The molecule has 0 aliphatic carbocycles. The largest absolute Gasteiger partial charge is 0.328 e. The van der Waals surface area contributed by atoms with Gasteiger partial charge in [-0.15, -0.1) is 0 Å². The van der Waals surface area contributed by atoms with Crippen LogP contribution >= 0.6 is 0 Å². The van der Waals surface area contributed by atoms with Gasteiger partial charge < -0.3 is 5.32 Å². The molecule has 4 rings (SSSR count). The highest BCUT2D eigenvalue weighted by atomic mass is 16.2. The molecule has 0 atom stereocenters. The third kappa shape index (κ3) is 3.15. The molecule has 0 saturated heterocycles. The quantitative estimate of drug-likeness (QED) is 0.606. The summed E-state index contributed by atoms with van der Waals surface area (Å²) in [6.45, 7) is 0. The second-order valence-electron chi connectivity index (χ2n) is 6.46. The number of imidazole rings is 1. The van der Waals surface area contributed by atoms with Crippen molar-refractivity contribution >= 4 is 22.6 Å². The predicted molar refractivity (Wildman–Crippen MR) is 104 cm³/mol. The van der Waals surface area contributed by atoms with Gasteiger partial charge >= 0.3 is 5.69 Å². The third-order valence-corrected chi connectivity index (χ3v) is 4.58. The number of fused-ring (bicyclic) bond motifs is 1. The van der Waals surface area contributed by atoms with Crippen LogP contribution in [0.3, 0.4) is 0 Å². The number of anilines is 1. The summed E-state index contributed by atoms with van der Waals surface area (Å²) in [6.07, 6.45) is 3.76. The summed E-state index contributed by atoms with van der Waals surface area (Å²) < 4.78 is 4.89. The second-order valence-corrected chi connectivity index (χ2v) is 6.46. The van der Waals surface area contributed by atoms with Gasteiger partial charge in [-0.2, -0.15) is 5.10 Å². The number of aryl methyl sites for hydroxylation is 2. The van der Waals surface area contributed by atoms with E-state index in [1.807, 2.05) is 48.7 Å². The molecule has 0 fully saturated rings. The van der Waals surface area contributed by atoms with Gasteiger partial charge in [0.1, 0.15) is 0 Å². The fourth-order valence-electron chi connectivity index (χ4n) is 3.15. The lowest BCUT2D eigenvalue weighted by Gasteiger charge is -2.05. The molecule has 7 heteroatoms. The molecule has 1 amide bonds. The molecule has 27 heavy (non-hydrogen) atoms. The van der Waals surface area contributed by atoms with Gasteiger partial charge in [0.15, 0.2) is 0 Å². The van der Waals surface area contributed by atoms with Gasteiger partial charge in [-0.1, -0.05) is 18.2 Å². The lowest BCUT2D eigenvalue weighted by molar-refractivity contribution is -0.115. The van der Waals surface area contributed by atoms with Gasteiger partial charge in [0.05, 0.1) is 29.3 Å². The van der Waals surface area contributed by atoms with E-state index < -0.39 is 0 Å². The van der Waals surface area contributed by atoms with E-state index in [0.29, 0.717) is 5.69 Å². The zero-order valence-corrected chi connectivity index (χ0v) is 15.1. The van der Waals surface area contributed by atoms with Crippen LogP contribution in [0.1, 0.15) is 5.56 Å². The average molecular weight is 361 g/mol. The van der Waals surface area contributed by atoms with Crippen molar-refractivity contribution in [1.82, 2.24) is 18.9 Å². The van der Waals surface area contributed by atoms with Crippen LogP contribution in [0.4, 0.5) is 5.69 Å². The Labute approximate surface area is 155 Å². The Kier molecular flexibility index (Phi) is 4.12. The van der Waals surface area contributed by atoms with Crippen LogP contribution in [0.25, 0.3) is 16.7 Å². The van der Waals surface area contributed by atoms with E-state index in [-0.39, 0.29) is 18.0 Å². The fraction of sp³-hybridized carbons (Fsp3) is 0.150. The molecule has 0 bridgehead atoms. The Morgan fingerprint density at radius 3 is 2.56 bits per heavy atom. The van der Waals surface area contributed by atoms with Crippen LogP contribution in [-0.2, 0) is 25.3 Å². The van der Waals surface area contributed by atoms with Gasteiger partial charge in [0, 0.05) is 26.0 Å². The number of carbonyl (C=O) groups excluding carboxylic acids is 1. The first-order valence-electron chi connectivity index (χ1n) is 8.57. The smallest absolute Gasteiger partial charge is 0.326 e. The van der Waals surface area contributed by atoms with Crippen LogP contribution in [0.2, 0.25) is 0 Å². The Morgan fingerprint density at radius 1 is 1.04 bits per heavy atom. The molecule has 0 aliphatic heterocycles. The summed E-state index contributed by atoms with van der Waals surface area (Å²) in [5.41, 5.74) is 3.93. The Balaban J connectivity index is 1.50. The van der Waals surface area contributed by atoms with E-state index in [9.17, 15) is 9.59 Å². The van der Waals surface area contributed by atoms with Crippen LogP contribution in [0, 0.1) is 0 Å². The van der Waals surface area contributed by atoms with Gasteiger partial charge in [0.2, 0.25) is 5.91 Å². The number of para-hydroxylation sites is 1. The first kappa shape index (κ1) is 16.8. The van der Waals surface area contributed by atoms with Crippen molar-refractivity contribution in [2.45, 2.75) is 6.42 Å². The minimum absolute atomic E-state index is 0.0956. The number of aromatic nitrogens is 4. The lowest BCUT2D eigenvalue weighted by atomic mass is 10.2. The molecule has 2 heterocycles. The first-order valence-corrected chi connectivity index (χ1v) is 8.57. The summed E-state index contributed by atoms with van der Waals surface area (Å²) in [5, 5.41) is 7.19. The maximum Gasteiger partial charge on any atom is 0.328 e. The molecule has 7 nitrogen and oxygen atoms in total. The SMILES string of the molecule is Cn1c(=O)n(C)c2cc(NC(=O)Cc3cnn(-c4ccccc4)c3)ccc21. The summed E-state index contributed by atoms with van der Waals surface area (Å²) in [4.78, 5) is 24.4. The molecule has 4 aromatic rings. The van der Waals surface area contributed by atoms with Crippen molar-refractivity contribution in [1.29, 1.82) is 0 Å². The number of hydrogen-bond acceptors (Lipinski definition) is 3. The van der Waals surface area contributed by atoms with E-state index in [0.717, 1.165) is 22.3 Å². The fourth-order valence-corrected chi connectivity index (χ4v) is 3.15. The van der Waals surface area contributed by atoms with E-state index >= 15 is 0 Å². The summed E-state index contributed by atoms with van der Waals surface area (Å²) in [6, 6.07) is 15.2. The Bertz CT molecular complexity index is 1180. The number of carbonyl (C=O) groups is 1. The Hall–Kier alpha value is -3.61. The van der Waals surface area contributed by atoms with Crippen molar-refractivity contribution < 1.29 is 4.79 Å².